The van der Waals surface area contributed by atoms with Crippen LogP contribution in [-0.2, 0) is 0 Å². The van der Waals surface area contributed by atoms with Crippen molar-refractivity contribution >= 4 is 16.8 Å². The van der Waals surface area contributed by atoms with Gasteiger partial charge in [0.2, 0.25) is 0 Å². The van der Waals surface area contributed by atoms with E-state index in [1.165, 1.54) is 12.1 Å². The molecule has 2 N–H and O–H groups in total. The Hall–Kier alpha value is -2.86. The molecule has 1 fully saturated rings. The summed E-state index contributed by atoms with van der Waals surface area (Å²) in [4.78, 5) is 17.5. The number of H-pyrrole nitrogens is 1. The highest BCUT2D eigenvalue weighted by Gasteiger charge is 2.37. The largest absolute Gasteiger partial charge is 0.488 e. The number of fused-ring (bicyclic) bond motifs is 1. The van der Waals surface area contributed by atoms with Gasteiger partial charge >= 0.3 is 0 Å². The highest BCUT2D eigenvalue weighted by atomic mass is 19.1. The van der Waals surface area contributed by atoms with Crippen molar-refractivity contribution in [3.8, 4) is 5.75 Å². The monoisotopic (exact) mass is 382 g/mol. The number of hydrogen-bond acceptors (Lipinski definition) is 3. The van der Waals surface area contributed by atoms with Crippen LogP contribution in [0.1, 0.15) is 29.8 Å². The van der Waals surface area contributed by atoms with Crippen LogP contribution in [0.15, 0.2) is 54.6 Å². The highest BCUT2D eigenvalue weighted by Crippen LogP contribution is 2.28. The van der Waals surface area contributed by atoms with Crippen molar-refractivity contribution in [2.75, 3.05) is 7.05 Å². The average molecular weight is 382 g/mol. The number of nitrogens with one attached hydrogen (secondary N) is 1. The summed E-state index contributed by atoms with van der Waals surface area (Å²) < 4.78 is 19.4. The number of halogens is 1. The second-order valence-corrected chi connectivity index (χ2v) is 7.29. The summed E-state index contributed by atoms with van der Waals surface area (Å²) in [5.41, 5.74) is 0.952. The number of aliphatic hydroxyl groups is 1. The van der Waals surface area contributed by atoms with Gasteiger partial charge in [-0.1, -0.05) is 18.2 Å². The van der Waals surface area contributed by atoms with Crippen LogP contribution < -0.4 is 4.74 Å². The first-order chi connectivity index (χ1) is 13.5. The molecule has 0 unspecified atom stereocenters. The van der Waals surface area contributed by atoms with Gasteiger partial charge in [-0.15, -0.1) is 0 Å². The molecule has 3 atom stereocenters. The molecule has 0 bridgehead atoms. The summed E-state index contributed by atoms with van der Waals surface area (Å²) in [5, 5.41) is 11.6. The number of hydrogen-bond donors (Lipinski definition) is 2. The van der Waals surface area contributed by atoms with E-state index in [9.17, 15) is 14.3 Å². The van der Waals surface area contributed by atoms with Crippen LogP contribution in [0.2, 0.25) is 0 Å². The number of aliphatic hydroxyl groups excluding tert-OH is 1. The van der Waals surface area contributed by atoms with Gasteiger partial charge in [0.15, 0.2) is 0 Å². The highest BCUT2D eigenvalue weighted by molar-refractivity contribution is 5.98. The molecular weight excluding hydrogens is 359 g/mol. The molecule has 1 heterocycles. The predicted molar refractivity (Wildman–Crippen MR) is 105 cm³/mol. The minimum atomic E-state index is -0.787. The van der Waals surface area contributed by atoms with Crippen molar-refractivity contribution in [1.29, 1.82) is 0 Å². The maximum Gasteiger partial charge on any atom is 0.270 e. The quantitative estimate of drug-likeness (QED) is 0.722. The van der Waals surface area contributed by atoms with E-state index in [4.69, 9.17) is 4.74 Å². The third kappa shape index (κ3) is 3.60. The molecule has 1 aromatic heterocycles. The Morgan fingerprint density at radius 2 is 1.96 bits per heavy atom. The van der Waals surface area contributed by atoms with Crippen LogP contribution in [-0.4, -0.2) is 46.2 Å². The van der Waals surface area contributed by atoms with Crippen LogP contribution in [0, 0.1) is 5.82 Å². The zero-order valence-corrected chi connectivity index (χ0v) is 15.6. The first-order valence-corrected chi connectivity index (χ1v) is 9.48. The topological polar surface area (TPSA) is 65.6 Å². The first kappa shape index (κ1) is 18.5. The summed E-state index contributed by atoms with van der Waals surface area (Å²) in [6, 6.07) is 15.1. The number of benzene rings is 2. The normalized spacial score (nSPS) is 22.2. The van der Waals surface area contributed by atoms with E-state index in [1.807, 2.05) is 30.3 Å². The number of para-hydroxylation sites is 1. The Morgan fingerprint density at radius 3 is 2.75 bits per heavy atom. The maximum absolute atomic E-state index is 13.4. The number of ether oxygens (including phenoxy) is 1. The van der Waals surface area contributed by atoms with Gasteiger partial charge in [-0.2, -0.15) is 0 Å². The number of carbonyl (C=O) groups is 1. The van der Waals surface area contributed by atoms with Crippen LogP contribution >= 0.6 is 0 Å². The second kappa shape index (κ2) is 7.64. The number of amides is 1. The standard InChI is InChI=1S/C22H23FN2O3/c1-25(22(27)18-12-14-10-11-15(23)13-17(14)24-18)19-8-5-9-20(21(19)26)28-16-6-3-2-4-7-16/h2-4,6-7,10-13,19-21,24,26H,5,8-9H2,1H3/t19-,20-,21-/m0/s1. The Kier molecular flexibility index (Phi) is 5.05. The minimum absolute atomic E-state index is 0.235. The number of aromatic nitrogens is 1. The van der Waals surface area contributed by atoms with E-state index in [0.717, 1.165) is 18.2 Å². The van der Waals surface area contributed by atoms with Gasteiger partial charge in [-0.05, 0) is 55.7 Å². The molecule has 5 nitrogen and oxygen atoms in total. The summed E-state index contributed by atoms with van der Waals surface area (Å²) in [6.45, 7) is 0. The molecule has 4 rings (SSSR count). The van der Waals surface area contributed by atoms with Crippen molar-refractivity contribution in [3.05, 3.63) is 66.1 Å². The van der Waals surface area contributed by atoms with Crippen LogP contribution in [0.3, 0.4) is 0 Å². The molecule has 1 aliphatic carbocycles. The summed E-state index contributed by atoms with van der Waals surface area (Å²) >= 11 is 0. The average Bonchev–Trinajstić information content (AvgIpc) is 3.12. The van der Waals surface area contributed by atoms with Gasteiger partial charge in [-0.3, -0.25) is 4.79 Å². The molecule has 1 aliphatic rings. The van der Waals surface area contributed by atoms with Crippen molar-refractivity contribution in [2.45, 2.75) is 37.5 Å². The van der Waals surface area contributed by atoms with Gasteiger partial charge in [0.05, 0.1) is 6.04 Å². The molecular formula is C22H23FN2O3. The number of aromatic amines is 1. The lowest BCUT2D eigenvalue weighted by atomic mass is 9.88. The Morgan fingerprint density at radius 1 is 1.18 bits per heavy atom. The van der Waals surface area contributed by atoms with Crippen molar-refractivity contribution < 1.29 is 19.0 Å². The lowest BCUT2D eigenvalue weighted by Gasteiger charge is -2.39. The molecule has 6 heteroatoms. The van der Waals surface area contributed by atoms with E-state index in [1.54, 1.807) is 24.1 Å². The van der Waals surface area contributed by atoms with Gasteiger partial charge < -0.3 is 19.7 Å². The Balaban J connectivity index is 1.50. The fourth-order valence-electron chi connectivity index (χ4n) is 3.90. The molecule has 3 aromatic rings. The molecule has 1 saturated carbocycles. The molecule has 0 aliphatic heterocycles. The van der Waals surface area contributed by atoms with Crippen molar-refractivity contribution in [1.82, 2.24) is 9.88 Å². The van der Waals surface area contributed by atoms with Gasteiger partial charge in [-0.25, -0.2) is 4.39 Å². The number of likely N-dealkylation sites (N-methyl/N-ethyl adjacent to an activating group) is 1. The van der Waals surface area contributed by atoms with Gasteiger partial charge in [0, 0.05) is 18.0 Å². The second-order valence-electron chi connectivity index (χ2n) is 7.29. The summed E-state index contributed by atoms with van der Waals surface area (Å²) in [5.74, 6) is 0.116. The Labute approximate surface area is 162 Å². The van der Waals surface area contributed by atoms with E-state index < -0.39 is 6.10 Å². The number of rotatable bonds is 4. The van der Waals surface area contributed by atoms with Crippen molar-refractivity contribution in [2.24, 2.45) is 0 Å². The molecule has 146 valence electrons. The Bertz CT molecular complexity index is 972. The minimum Gasteiger partial charge on any atom is -0.488 e. The summed E-state index contributed by atoms with van der Waals surface area (Å²) in [7, 11) is 1.69. The predicted octanol–water partition coefficient (Wildman–Crippen LogP) is 3.74. The third-order valence-electron chi connectivity index (χ3n) is 5.43. The fraction of sp³-hybridized carbons (Fsp3) is 0.318. The number of carbonyl (C=O) groups excluding carboxylic acids is 1. The molecule has 0 radical (unpaired) electrons. The molecule has 2 aromatic carbocycles. The van der Waals surface area contributed by atoms with Gasteiger partial charge in [0.25, 0.3) is 5.91 Å². The van der Waals surface area contributed by atoms with Crippen molar-refractivity contribution in [3.63, 3.8) is 0 Å². The first-order valence-electron chi connectivity index (χ1n) is 9.48. The van der Waals surface area contributed by atoms with Crippen LogP contribution in [0.5, 0.6) is 5.75 Å². The van der Waals surface area contributed by atoms with E-state index in [0.29, 0.717) is 23.4 Å². The molecule has 1 amide bonds. The lowest BCUT2D eigenvalue weighted by Crippen LogP contribution is -2.53. The van der Waals surface area contributed by atoms with E-state index in [2.05, 4.69) is 4.98 Å². The van der Waals surface area contributed by atoms with E-state index in [-0.39, 0.29) is 23.9 Å². The van der Waals surface area contributed by atoms with Crippen LogP contribution in [0.25, 0.3) is 10.9 Å². The molecule has 28 heavy (non-hydrogen) atoms. The lowest BCUT2D eigenvalue weighted by molar-refractivity contribution is -0.0413. The third-order valence-corrected chi connectivity index (χ3v) is 5.43. The number of nitrogens with zero attached hydrogens (tertiary/aromatic N) is 1. The zero-order valence-electron chi connectivity index (χ0n) is 15.6. The molecule has 0 saturated heterocycles. The van der Waals surface area contributed by atoms with E-state index >= 15 is 0 Å². The smallest absolute Gasteiger partial charge is 0.270 e. The molecule has 0 spiro atoms. The fourth-order valence-corrected chi connectivity index (χ4v) is 3.90. The van der Waals surface area contributed by atoms with Gasteiger partial charge in [0.1, 0.15) is 29.5 Å². The zero-order chi connectivity index (χ0) is 19.7. The summed E-state index contributed by atoms with van der Waals surface area (Å²) in [6.07, 6.45) is 1.14. The van der Waals surface area contributed by atoms with Crippen LogP contribution in [0.4, 0.5) is 4.39 Å². The SMILES string of the molecule is CN(C(=O)c1cc2ccc(F)cc2[nH]1)[C@H]1CCC[C@H](Oc2ccccc2)[C@H]1O. The maximum atomic E-state index is 13.4.